The topological polar surface area (TPSA) is 47.6 Å². The first-order valence-electron chi connectivity index (χ1n) is 5.64. The van der Waals surface area contributed by atoms with Gasteiger partial charge in [0.15, 0.2) is 0 Å². The van der Waals surface area contributed by atoms with E-state index in [2.05, 4.69) is 4.99 Å². The minimum absolute atomic E-state index is 0.187. The summed E-state index contributed by atoms with van der Waals surface area (Å²) in [5.74, 6) is 0.544. The lowest BCUT2D eigenvalue weighted by molar-refractivity contribution is 0.109. The van der Waals surface area contributed by atoms with Crippen molar-refractivity contribution in [3.8, 4) is 0 Å². The molecule has 0 fully saturated rings. The summed E-state index contributed by atoms with van der Waals surface area (Å²) in [6.45, 7) is 6.58. The summed E-state index contributed by atoms with van der Waals surface area (Å²) in [5, 5.41) is 0. The molecular formula is C13H20N2O. The third-order valence-electron chi connectivity index (χ3n) is 2.11. The fourth-order valence-corrected chi connectivity index (χ4v) is 1.51. The Morgan fingerprint density at radius 2 is 1.94 bits per heavy atom. The summed E-state index contributed by atoms with van der Waals surface area (Å²) in [7, 11) is 0. The average molecular weight is 220 g/mol. The van der Waals surface area contributed by atoms with Gasteiger partial charge >= 0.3 is 0 Å². The second kappa shape index (κ2) is 6.28. The maximum absolute atomic E-state index is 5.96. The lowest BCUT2D eigenvalue weighted by Crippen LogP contribution is -2.25. The molecule has 0 spiro atoms. The van der Waals surface area contributed by atoms with E-state index in [9.17, 15) is 0 Å². The Morgan fingerprint density at radius 1 is 1.31 bits per heavy atom. The Kier molecular flexibility index (Phi) is 4.99. The van der Waals surface area contributed by atoms with Gasteiger partial charge in [-0.15, -0.1) is 0 Å². The third-order valence-corrected chi connectivity index (χ3v) is 2.11. The maximum atomic E-state index is 5.96. The van der Waals surface area contributed by atoms with E-state index in [4.69, 9.17) is 10.5 Å². The van der Waals surface area contributed by atoms with Gasteiger partial charge in [-0.1, -0.05) is 30.3 Å². The van der Waals surface area contributed by atoms with Crippen molar-refractivity contribution in [1.29, 1.82) is 0 Å². The van der Waals surface area contributed by atoms with E-state index in [1.54, 1.807) is 0 Å². The van der Waals surface area contributed by atoms with E-state index in [0.717, 1.165) is 5.56 Å². The molecular weight excluding hydrogens is 200 g/mol. The van der Waals surface area contributed by atoms with Crippen LogP contribution in [-0.2, 0) is 4.74 Å². The highest BCUT2D eigenvalue weighted by atomic mass is 16.5. The van der Waals surface area contributed by atoms with Gasteiger partial charge in [-0.25, -0.2) is 0 Å². The molecule has 0 aliphatic rings. The van der Waals surface area contributed by atoms with Crippen molar-refractivity contribution >= 4 is 5.84 Å². The fourth-order valence-electron chi connectivity index (χ4n) is 1.51. The lowest BCUT2D eigenvalue weighted by Gasteiger charge is -2.17. The molecule has 1 atom stereocenters. The van der Waals surface area contributed by atoms with Gasteiger partial charge in [-0.2, -0.15) is 0 Å². The predicted octanol–water partition coefficient (Wildman–Crippen LogP) is 2.53. The third kappa shape index (κ3) is 3.66. The van der Waals surface area contributed by atoms with Crippen LogP contribution < -0.4 is 5.73 Å². The highest BCUT2D eigenvalue weighted by molar-refractivity contribution is 5.86. The Bertz CT molecular complexity index is 333. The first kappa shape index (κ1) is 12.7. The molecule has 0 radical (unpaired) electrons. The molecule has 2 N–H and O–H groups in total. The van der Waals surface area contributed by atoms with Gasteiger partial charge in [-0.05, 0) is 26.3 Å². The van der Waals surface area contributed by atoms with Crippen molar-refractivity contribution in [2.45, 2.75) is 32.9 Å². The van der Waals surface area contributed by atoms with Crippen molar-refractivity contribution in [3.05, 3.63) is 35.9 Å². The largest absolute Gasteiger partial charge is 0.385 e. The molecule has 3 nitrogen and oxygen atoms in total. The van der Waals surface area contributed by atoms with Gasteiger partial charge in [0.2, 0.25) is 0 Å². The van der Waals surface area contributed by atoms with E-state index in [1.807, 2.05) is 51.1 Å². The molecule has 0 heterocycles. The van der Waals surface area contributed by atoms with E-state index < -0.39 is 0 Å². The summed E-state index contributed by atoms with van der Waals surface area (Å²) in [6.07, 6.45) is -0.228. The van der Waals surface area contributed by atoms with Crippen LogP contribution in [0.4, 0.5) is 0 Å². The normalized spacial score (nSPS) is 14.1. The van der Waals surface area contributed by atoms with E-state index in [-0.39, 0.29) is 12.1 Å². The molecule has 88 valence electrons. The van der Waals surface area contributed by atoms with Crippen LogP contribution in [0.3, 0.4) is 0 Å². The van der Waals surface area contributed by atoms with Crippen LogP contribution in [0.15, 0.2) is 35.3 Å². The minimum atomic E-state index is -0.228. The summed E-state index contributed by atoms with van der Waals surface area (Å²) >= 11 is 0. The van der Waals surface area contributed by atoms with Crippen molar-refractivity contribution in [1.82, 2.24) is 0 Å². The van der Waals surface area contributed by atoms with Crippen LogP contribution in [0.2, 0.25) is 0 Å². The summed E-state index contributed by atoms with van der Waals surface area (Å²) in [5.41, 5.74) is 7.01. The first-order valence-corrected chi connectivity index (χ1v) is 5.64. The summed E-state index contributed by atoms with van der Waals surface area (Å²) < 4.78 is 5.63. The van der Waals surface area contributed by atoms with Gasteiger partial charge < -0.3 is 10.5 Å². The zero-order valence-electron chi connectivity index (χ0n) is 10.2. The standard InChI is InChI=1S/C13H20N2O/c1-4-16-12(13(14)15-10(2)3)11-8-6-5-7-9-11/h5-10,12H,4H2,1-3H3,(H2,14,15). The number of benzene rings is 1. The number of rotatable bonds is 5. The molecule has 0 saturated heterocycles. The van der Waals surface area contributed by atoms with Crippen LogP contribution in [0, 0.1) is 0 Å². The lowest BCUT2D eigenvalue weighted by atomic mass is 10.1. The van der Waals surface area contributed by atoms with Gasteiger partial charge in [0.05, 0.1) is 0 Å². The molecule has 1 rings (SSSR count). The molecule has 1 aromatic carbocycles. The molecule has 0 saturated carbocycles. The quantitative estimate of drug-likeness (QED) is 0.612. The Balaban J connectivity index is 2.91. The highest BCUT2D eigenvalue weighted by Gasteiger charge is 2.15. The number of nitrogens with two attached hydrogens (primary N) is 1. The monoisotopic (exact) mass is 220 g/mol. The highest BCUT2D eigenvalue weighted by Crippen LogP contribution is 2.17. The van der Waals surface area contributed by atoms with Crippen LogP contribution in [-0.4, -0.2) is 18.5 Å². The minimum Gasteiger partial charge on any atom is -0.385 e. The molecule has 16 heavy (non-hydrogen) atoms. The molecule has 0 amide bonds. The first-order chi connectivity index (χ1) is 7.65. The van der Waals surface area contributed by atoms with E-state index in [0.29, 0.717) is 12.4 Å². The van der Waals surface area contributed by atoms with Crippen molar-refractivity contribution < 1.29 is 4.74 Å². The van der Waals surface area contributed by atoms with Crippen LogP contribution >= 0.6 is 0 Å². The smallest absolute Gasteiger partial charge is 0.139 e. The molecule has 0 aliphatic carbocycles. The molecule has 1 unspecified atom stereocenters. The zero-order valence-corrected chi connectivity index (χ0v) is 10.2. The average Bonchev–Trinajstić information content (AvgIpc) is 2.26. The molecule has 0 aromatic heterocycles. The van der Waals surface area contributed by atoms with Gasteiger partial charge in [0, 0.05) is 12.6 Å². The van der Waals surface area contributed by atoms with Crippen molar-refractivity contribution in [2.75, 3.05) is 6.61 Å². The van der Waals surface area contributed by atoms with Gasteiger partial charge in [0.1, 0.15) is 11.9 Å². The van der Waals surface area contributed by atoms with E-state index in [1.165, 1.54) is 0 Å². The summed E-state index contributed by atoms with van der Waals surface area (Å²) in [4.78, 5) is 4.34. The van der Waals surface area contributed by atoms with E-state index >= 15 is 0 Å². The Hall–Kier alpha value is -1.35. The maximum Gasteiger partial charge on any atom is 0.139 e. The predicted molar refractivity (Wildman–Crippen MR) is 67.6 cm³/mol. The van der Waals surface area contributed by atoms with Gasteiger partial charge in [-0.3, -0.25) is 4.99 Å². The van der Waals surface area contributed by atoms with Crippen LogP contribution in [0.25, 0.3) is 0 Å². The van der Waals surface area contributed by atoms with Crippen LogP contribution in [0.5, 0.6) is 0 Å². The van der Waals surface area contributed by atoms with Crippen LogP contribution in [0.1, 0.15) is 32.4 Å². The number of nitrogens with zero attached hydrogens (tertiary/aromatic N) is 1. The molecule has 0 aliphatic heterocycles. The van der Waals surface area contributed by atoms with Crippen molar-refractivity contribution in [3.63, 3.8) is 0 Å². The van der Waals surface area contributed by atoms with Gasteiger partial charge in [0.25, 0.3) is 0 Å². The fraction of sp³-hybridized carbons (Fsp3) is 0.462. The second-order valence-corrected chi connectivity index (χ2v) is 3.89. The number of aliphatic imine (C=N–C) groups is 1. The molecule has 3 heteroatoms. The zero-order chi connectivity index (χ0) is 12.0. The SMILES string of the molecule is CCOC(C(N)=NC(C)C)c1ccccc1. The Labute approximate surface area is 97.3 Å². The van der Waals surface area contributed by atoms with Crippen molar-refractivity contribution in [2.24, 2.45) is 10.7 Å². The second-order valence-electron chi connectivity index (χ2n) is 3.89. The number of hydrogen-bond acceptors (Lipinski definition) is 2. The number of hydrogen-bond donors (Lipinski definition) is 1. The Morgan fingerprint density at radius 3 is 2.44 bits per heavy atom. The summed E-state index contributed by atoms with van der Waals surface area (Å²) in [6, 6.07) is 10.1. The molecule has 0 bridgehead atoms. The number of amidine groups is 1. The molecule has 1 aromatic rings. The number of ether oxygens (including phenoxy) is 1.